The molecule has 0 spiro atoms. The zero-order valence-electron chi connectivity index (χ0n) is 12.9. The Morgan fingerprint density at radius 1 is 1.35 bits per heavy atom. The first kappa shape index (κ1) is 15.1. The molecule has 3 rings (SSSR count). The van der Waals surface area contributed by atoms with E-state index in [1.54, 1.807) is 19.4 Å². The zero-order chi connectivity index (χ0) is 16.4. The number of alkyl halides is 1. The lowest BCUT2D eigenvalue weighted by molar-refractivity contribution is 0.273. The Morgan fingerprint density at radius 2 is 2.13 bits per heavy atom. The second-order valence-electron chi connectivity index (χ2n) is 5.44. The van der Waals surface area contributed by atoms with E-state index in [2.05, 4.69) is 4.98 Å². The normalized spacial score (nSPS) is 15.4. The number of hydrogen-bond donors (Lipinski definition) is 2. The summed E-state index contributed by atoms with van der Waals surface area (Å²) >= 11 is 0. The van der Waals surface area contributed by atoms with Crippen LogP contribution >= 0.6 is 0 Å². The van der Waals surface area contributed by atoms with Crippen molar-refractivity contribution in [1.82, 2.24) is 4.98 Å². The summed E-state index contributed by atoms with van der Waals surface area (Å²) in [5.74, 6) is 1.45. The van der Waals surface area contributed by atoms with Crippen LogP contribution in [0, 0.1) is 0 Å². The molecule has 0 saturated carbocycles. The summed E-state index contributed by atoms with van der Waals surface area (Å²) in [5, 5.41) is 0. The maximum atomic E-state index is 12.9. The molecule has 1 aromatic carbocycles. The monoisotopic (exact) mass is 314 g/mol. The highest BCUT2D eigenvalue weighted by atomic mass is 19.1. The SMILES string of the molecule is COc1ccc(/C(=C\N)c2ccc(N3CC(F)C3)nc2)c(N)c1. The molecule has 23 heavy (non-hydrogen) atoms. The highest BCUT2D eigenvalue weighted by molar-refractivity contribution is 5.85. The molecule has 6 heteroatoms. The summed E-state index contributed by atoms with van der Waals surface area (Å²) < 4.78 is 18.1. The molecule has 0 amide bonds. The van der Waals surface area contributed by atoms with E-state index >= 15 is 0 Å². The second kappa shape index (κ2) is 6.16. The van der Waals surface area contributed by atoms with Gasteiger partial charge < -0.3 is 21.1 Å². The predicted octanol–water partition coefficient (Wildman–Crippen LogP) is 2.18. The molecule has 0 unspecified atom stereocenters. The van der Waals surface area contributed by atoms with E-state index in [0.29, 0.717) is 24.5 Å². The van der Waals surface area contributed by atoms with Crippen LogP contribution in [0.3, 0.4) is 0 Å². The summed E-state index contributed by atoms with van der Waals surface area (Å²) in [6.45, 7) is 0.800. The Labute approximate surface area is 134 Å². The largest absolute Gasteiger partial charge is 0.497 e. The number of aromatic nitrogens is 1. The summed E-state index contributed by atoms with van der Waals surface area (Å²) in [4.78, 5) is 6.28. The van der Waals surface area contributed by atoms with Gasteiger partial charge in [-0.1, -0.05) is 0 Å². The lowest BCUT2D eigenvalue weighted by atomic mass is 9.98. The molecule has 0 aliphatic carbocycles. The third-order valence-corrected chi connectivity index (χ3v) is 3.94. The van der Waals surface area contributed by atoms with E-state index in [1.807, 2.05) is 29.2 Å². The number of rotatable bonds is 4. The molecule has 1 fully saturated rings. The van der Waals surface area contributed by atoms with Gasteiger partial charge in [-0.05, 0) is 24.3 Å². The van der Waals surface area contributed by atoms with Gasteiger partial charge in [-0.2, -0.15) is 0 Å². The number of anilines is 2. The summed E-state index contributed by atoms with van der Waals surface area (Å²) in [7, 11) is 1.59. The third-order valence-electron chi connectivity index (χ3n) is 3.94. The molecule has 120 valence electrons. The molecular formula is C17H19FN4O. The molecule has 1 saturated heterocycles. The number of ether oxygens (including phenoxy) is 1. The lowest BCUT2D eigenvalue weighted by Gasteiger charge is -2.35. The van der Waals surface area contributed by atoms with Crippen LogP contribution in [0.1, 0.15) is 11.1 Å². The maximum absolute atomic E-state index is 12.9. The lowest BCUT2D eigenvalue weighted by Crippen LogP contribution is -2.48. The van der Waals surface area contributed by atoms with Crippen LogP contribution in [0.2, 0.25) is 0 Å². The molecule has 1 aromatic heterocycles. The van der Waals surface area contributed by atoms with E-state index in [0.717, 1.165) is 22.5 Å². The Balaban J connectivity index is 1.86. The number of pyridine rings is 1. The van der Waals surface area contributed by atoms with Gasteiger partial charge in [0.15, 0.2) is 0 Å². The molecule has 0 radical (unpaired) electrons. The number of nitrogens with two attached hydrogens (primary N) is 2. The summed E-state index contributed by atoms with van der Waals surface area (Å²) in [6, 6.07) is 9.23. The quantitative estimate of drug-likeness (QED) is 0.846. The Hall–Kier alpha value is -2.76. The van der Waals surface area contributed by atoms with Gasteiger partial charge >= 0.3 is 0 Å². The minimum Gasteiger partial charge on any atom is -0.497 e. The van der Waals surface area contributed by atoms with Gasteiger partial charge in [0.2, 0.25) is 0 Å². The second-order valence-corrected chi connectivity index (χ2v) is 5.44. The van der Waals surface area contributed by atoms with E-state index < -0.39 is 6.17 Å². The number of halogens is 1. The number of hydrogen-bond acceptors (Lipinski definition) is 5. The maximum Gasteiger partial charge on any atom is 0.135 e. The predicted molar refractivity (Wildman–Crippen MR) is 90.0 cm³/mol. The highest BCUT2D eigenvalue weighted by Crippen LogP contribution is 2.30. The Morgan fingerprint density at radius 3 is 2.65 bits per heavy atom. The highest BCUT2D eigenvalue weighted by Gasteiger charge is 2.27. The van der Waals surface area contributed by atoms with Crippen molar-refractivity contribution in [3.8, 4) is 5.75 Å². The van der Waals surface area contributed by atoms with Crippen molar-refractivity contribution in [3.05, 3.63) is 53.9 Å². The topological polar surface area (TPSA) is 77.4 Å². The standard InChI is InChI=1S/C17H19FN4O/c1-23-13-3-4-14(16(20)6-13)15(7-19)11-2-5-17(21-8-11)22-9-12(18)10-22/h2-8,12H,9-10,19-20H2,1H3/b15-7-. The number of methoxy groups -OCH3 is 1. The number of nitrogen functional groups attached to an aromatic ring is 1. The Bertz CT molecular complexity index is 724. The fraction of sp³-hybridized carbons (Fsp3) is 0.235. The number of nitrogens with zero attached hydrogens (tertiary/aromatic N) is 2. The van der Waals surface area contributed by atoms with Crippen molar-refractivity contribution in [1.29, 1.82) is 0 Å². The van der Waals surface area contributed by atoms with E-state index in [4.69, 9.17) is 16.2 Å². The Kier molecular flexibility index (Phi) is 4.06. The molecule has 0 bridgehead atoms. The first-order chi connectivity index (χ1) is 11.1. The zero-order valence-corrected chi connectivity index (χ0v) is 12.9. The fourth-order valence-electron chi connectivity index (χ4n) is 2.60. The van der Waals surface area contributed by atoms with Gasteiger partial charge in [-0.3, -0.25) is 0 Å². The van der Waals surface area contributed by atoms with Gasteiger partial charge in [-0.15, -0.1) is 0 Å². The van der Waals surface area contributed by atoms with Gasteiger partial charge in [0, 0.05) is 40.9 Å². The first-order valence-corrected chi connectivity index (χ1v) is 7.33. The molecule has 1 aliphatic heterocycles. The van der Waals surface area contributed by atoms with E-state index in [-0.39, 0.29) is 0 Å². The van der Waals surface area contributed by atoms with Crippen molar-refractivity contribution in [2.75, 3.05) is 30.8 Å². The minimum absolute atomic E-state index is 0.400. The van der Waals surface area contributed by atoms with Gasteiger partial charge in [0.05, 0.1) is 20.2 Å². The molecule has 1 aliphatic rings. The van der Waals surface area contributed by atoms with Crippen LogP contribution in [0.25, 0.3) is 5.57 Å². The molecule has 0 atom stereocenters. The summed E-state index contributed by atoms with van der Waals surface area (Å²) in [5.41, 5.74) is 14.9. The van der Waals surface area contributed by atoms with Crippen LogP contribution < -0.4 is 21.1 Å². The van der Waals surface area contributed by atoms with E-state index in [1.165, 1.54) is 6.20 Å². The van der Waals surface area contributed by atoms with Crippen molar-refractivity contribution >= 4 is 17.1 Å². The molecular weight excluding hydrogens is 295 g/mol. The van der Waals surface area contributed by atoms with E-state index in [9.17, 15) is 4.39 Å². The third kappa shape index (κ3) is 2.92. The van der Waals surface area contributed by atoms with Crippen LogP contribution in [-0.4, -0.2) is 31.4 Å². The smallest absolute Gasteiger partial charge is 0.135 e. The van der Waals surface area contributed by atoms with Gasteiger partial charge in [0.25, 0.3) is 0 Å². The molecule has 5 nitrogen and oxygen atoms in total. The summed E-state index contributed by atoms with van der Waals surface area (Å²) in [6.07, 6.45) is 2.48. The number of benzene rings is 1. The average Bonchev–Trinajstić information content (AvgIpc) is 2.54. The first-order valence-electron chi connectivity index (χ1n) is 7.33. The van der Waals surface area contributed by atoms with Crippen LogP contribution in [-0.2, 0) is 0 Å². The van der Waals surface area contributed by atoms with Crippen LogP contribution in [0.5, 0.6) is 5.75 Å². The van der Waals surface area contributed by atoms with Crippen molar-refractivity contribution in [2.24, 2.45) is 5.73 Å². The molecule has 2 aromatic rings. The van der Waals surface area contributed by atoms with Gasteiger partial charge in [0.1, 0.15) is 17.7 Å². The van der Waals surface area contributed by atoms with Crippen molar-refractivity contribution in [3.63, 3.8) is 0 Å². The van der Waals surface area contributed by atoms with Crippen LogP contribution in [0.15, 0.2) is 42.7 Å². The van der Waals surface area contributed by atoms with Crippen molar-refractivity contribution < 1.29 is 9.13 Å². The average molecular weight is 314 g/mol. The molecule has 4 N–H and O–H groups in total. The van der Waals surface area contributed by atoms with Crippen LogP contribution in [0.4, 0.5) is 15.9 Å². The van der Waals surface area contributed by atoms with Gasteiger partial charge in [-0.25, -0.2) is 9.37 Å². The minimum atomic E-state index is -0.755. The van der Waals surface area contributed by atoms with Crippen molar-refractivity contribution in [2.45, 2.75) is 6.17 Å². The fourth-order valence-corrected chi connectivity index (χ4v) is 2.60. The molecule has 2 heterocycles.